The van der Waals surface area contributed by atoms with Crippen LogP contribution in [-0.2, 0) is 9.59 Å². The molecular formula is C7H13Cl3O5. The summed E-state index contributed by atoms with van der Waals surface area (Å²) in [6.07, 6.45) is -0.286. The predicted octanol–water partition coefficient (Wildman–Crippen LogP) is 0.820. The van der Waals surface area contributed by atoms with E-state index in [0.717, 1.165) is 0 Å². The molecule has 92 valence electrons. The zero-order valence-electron chi connectivity index (χ0n) is 7.91. The van der Waals surface area contributed by atoms with Gasteiger partial charge < -0.3 is 15.7 Å². The molecule has 0 spiro atoms. The van der Waals surface area contributed by atoms with Crippen molar-refractivity contribution in [2.75, 3.05) is 6.61 Å². The van der Waals surface area contributed by atoms with Gasteiger partial charge in [0.15, 0.2) is 4.30 Å². The van der Waals surface area contributed by atoms with Crippen LogP contribution in [-0.4, -0.2) is 38.3 Å². The maximum atomic E-state index is 10.5. The van der Waals surface area contributed by atoms with E-state index in [1.54, 1.807) is 0 Å². The molecule has 8 heteroatoms. The highest BCUT2D eigenvalue weighted by atomic mass is 35.6. The quantitative estimate of drug-likeness (QED) is 0.745. The normalized spacial score (nSPS) is 10.8. The molecule has 0 aliphatic rings. The predicted molar refractivity (Wildman–Crippen MR) is 58.5 cm³/mol. The minimum Gasteiger partial charge on any atom is -0.481 e. The minimum atomic E-state index is -1.06. The minimum absolute atomic E-state index is 0. The molecule has 1 unspecified atom stereocenters. The van der Waals surface area contributed by atoms with Crippen molar-refractivity contribution in [3.05, 3.63) is 0 Å². The monoisotopic (exact) mass is 282 g/mol. The lowest BCUT2D eigenvalue weighted by Gasteiger charge is -2.04. The Morgan fingerprint density at radius 1 is 1.27 bits per heavy atom. The first-order valence-corrected chi connectivity index (χ1v) is 4.87. The molecule has 4 N–H and O–H groups in total. The summed E-state index contributed by atoms with van der Waals surface area (Å²) in [6, 6.07) is 0. The first-order valence-electron chi connectivity index (χ1n) is 3.56. The number of hydrogen-bond acceptors (Lipinski definition) is 3. The van der Waals surface area contributed by atoms with Crippen LogP contribution < -0.4 is 0 Å². The molecule has 0 aromatic rings. The van der Waals surface area contributed by atoms with E-state index >= 15 is 0 Å². The number of carbonyl (C=O) groups excluding carboxylic acids is 1. The van der Waals surface area contributed by atoms with E-state index in [4.69, 9.17) is 45.0 Å². The second-order valence-corrected chi connectivity index (χ2v) is 4.31. The molecular weight excluding hydrogens is 270 g/mol. The summed E-state index contributed by atoms with van der Waals surface area (Å²) in [5.41, 5.74) is 0. The average molecular weight is 284 g/mol. The van der Waals surface area contributed by atoms with Crippen molar-refractivity contribution in [3.63, 3.8) is 0 Å². The Balaban J connectivity index is -0.000000249. The number of rotatable bonds is 4. The van der Waals surface area contributed by atoms with Crippen LogP contribution in [0.4, 0.5) is 0 Å². The number of hydrogen-bond donors (Lipinski definition) is 2. The highest BCUT2D eigenvalue weighted by molar-refractivity contribution is 6.63. The third kappa shape index (κ3) is 20.1. The Kier molecular flexibility index (Phi) is 16.3. The van der Waals surface area contributed by atoms with Gasteiger partial charge in [0.05, 0.1) is 18.9 Å². The molecule has 0 rings (SSSR count). The molecule has 0 saturated carbocycles. The van der Waals surface area contributed by atoms with Gasteiger partial charge in [0, 0.05) is 0 Å². The fourth-order valence-electron chi connectivity index (χ4n) is 0.548. The Bertz CT molecular complexity index is 183. The molecule has 5 nitrogen and oxygen atoms in total. The van der Waals surface area contributed by atoms with Crippen molar-refractivity contribution < 1.29 is 25.3 Å². The molecule has 1 atom stereocenters. The molecule has 0 bridgehead atoms. The lowest BCUT2D eigenvalue weighted by atomic mass is 10.0. The second kappa shape index (κ2) is 12.0. The fourth-order valence-corrected chi connectivity index (χ4v) is 0.548. The molecule has 0 heterocycles. The zero-order chi connectivity index (χ0) is 11.7. The van der Waals surface area contributed by atoms with Crippen molar-refractivity contribution in [2.45, 2.75) is 17.6 Å². The molecule has 0 aromatic carbocycles. The number of carboxylic acid groups (broad SMARTS) is 1. The van der Waals surface area contributed by atoms with Gasteiger partial charge >= 0.3 is 5.97 Å². The molecule has 0 radical (unpaired) electrons. The molecule has 0 fully saturated rings. The van der Waals surface area contributed by atoms with Crippen LogP contribution in [0.1, 0.15) is 13.3 Å². The van der Waals surface area contributed by atoms with E-state index in [1.807, 2.05) is 0 Å². The smallest absolute Gasteiger partial charge is 0.304 e. The van der Waals surface area contributed by atoms with Gasteiger partial charge in [-0.05, 0) is 6.92 Å². The van der Waals surface area contributed by atoms with E-state index in [9.17, 15) is 9.59 Å². The number of ketones is 1. The van der Waals surface area contributed by atoms with Crippen LogP contribution in [0.25, 0.3) is 0 Å². The molecule has 0 aliphatic heterocycles. The van der Waals surface area contributed by atoms with Crippen molar-refractivity contribution in [1.29, 1.82) is 0 Å². The lowest BCUT2D eigenvalue weighted by molar-refractivity contribution is -0.141. The number of carbonyl (C=O) groups is 2. The SMILES string of the molecule is CC(=O)C(CO)CC(=O)O.ClC(Cl)Cl.O. The summed E-state index contributed by atoms with van der Waals surface area (Å²) in [6.45, 7) is 0.880. The first-order chi connectivity index (χ1) is 6.31. The Morgan fingerprint density at radius 3 is 1.67 bits per heavy atom. The summed E-state index contributed by atoms with van der Waals surface area (Å²) in [4.78, 5) is 20.5. The van der Waals surface area contributed by atoms with Crippen LogP contribution in [0, 0.1) is 5.92 Å². The van der Waals surface area contributed by atoms with E-state index < -0.39 is 16.2 Å². The second-order valence-electron chi connectivity index (χ2n) is 2.34. The summed E-state index contributed by atoms with van der Waals surface area (Å²) in [5, 5.41) is 16.7. The van der Waals surface area contributed by atoms with Crippen LogP contribution in [0.5, 0.6) is 0 Å². The maximum Gasteiger partial charge on any atom is 0.304 e. The lowest BCUT2D eigenvalue weighted by Crippen LogP contribution is -2.19. The number of aliphatic carboxylic acids is 1. The number of carboxylic acids is 1. The van der Waals surface area contributed by atoms with Gasteiger partial charge in [-0.1, -0.05) is 34.8 Å². The largest absolute Gasteiger partial charge is 0.481 e. The third-order valence-corrected chi connectivity index (χ3v) is 1.22. The number of aliphatic hydroxyl groups is 1. The third-order valence-electron chi connectivity index (χ3n) is 1.22. The number of halogens is 3. The van der Waals surface area contributed by atoms with Crippen LogP contribution in [0.15, 0.2) is 0 Å². The van der Waals surface area contributed by atoms with Crippen LogP contribution in [0.3, 0.4) is 0 Å². The molecule has 0 aliphatic carbocycles. The summed E-state index contributed by atoms with van der Waals surface area (Å²) in [5.74, 6) is -2.09. The average Bonchev–Trinajstić information content (AvgIpc) is 1.98. The van der Waals surface area contributed by atoms with E-state index in [0.29, 0.717) is 0 Å². The van der Waals surface area contributed by atoms with Crippen molar-refractivity contribution in [1.82, 2.24) is 0 Å². The van der Waals surface area contributed by atoms with Gasteiger partial charge in [0.2, 0.25) is 0 Å². The van der Waals surface area contributed by atoms with E-state index in [2.05, 4.69) is 0 Å². The maximum absolute atomic E-state index is 10.5. The highest BCUT2D eigenvalue weighted by Crippen LogP contribution is 2.03. The Morgan fingerprint density at radius 2 is 1.60 bits per heavy atom. The van der Waals surface area contributed by atoms with Crippen molar-refractivity contribution in [2.24, 2.45) is 5.92 Å². The Hall–Kier alpha value is -0.0700. The first kappa shape index (κ1) is 20.4. The fraction of sp³-hybridized carbons (Fsp3) is 0.714. The van der Waals surface area contributed by atoms with Crippen LogP contribution >= 0.6 is 34.8 Å². The van der Waals surface area contributed by atoms with Gasteiger partial charge in [-0.25, -0.2) is 0 Å². The van der Waals surface area contributed by atoms with Gasteiger partial charge in [0.25, 0.3) is 0 Å². The van der Waals surface area contributed by atoms with Gasteiger partial charge in [0.1, 0.15) is 5.78 Å². The van der Waals surface area contributed by atoms with Gasteiger partial charge in [-0.15, -0.1) is 0 Å². The van der Waals surface area contributed by atoms with E-state index in [1.165, 1.54) is 6.92 Å². The molecule has 0 saturated heterocycles. The summed E-state index contributed by atoms with van der Waals surface area (Å²) in [7, 11) is 0. The Labute approximate surface area is 102 Å². The summed E-state index contributed by atoms with van der Waals surface area (Å²) < 4.78 is -0.750. The number of Topliss-reactive ketones (excluding diaryl/α,β-unsaturated/α-hetero) is 1. The standard InChI is InChI=1S/C6H10O4.CHCl3.H2O/c1-4(8)5(3-7)2-6(9)10;2-1(3)4;/h5,7H,2-3H2,1H3,(H,9,10);1H;1H2. The van der Waals surface area contributed by atoms with E-state index in [-0.39, 0.29) is 24.3 Å². The molecule has 0 amide bonds. The number of aliphatic hydroxyl groups excluding tert-OH is 1. The van der Waals surface area contributed by atoms with Crippen LogP contribution in [0.2, 0.25) is 0 Å². The summed E-state index contributed by atoms with van der Waals surface area (Å²) >= 11 is 14.4. The highest BCUT2D eigenvalue weighted by Gasteiger charge is 2.15. The van der Waals surface area contributed by atoms with Gasteiger partial charge in [-0.2, -0.15) is 0 Å². The van der Waals surface area contributed by atoms with Crippen molar-refractivity contribution in [3.8, 4) is 0 Å². The molecule has 15 heavy (non-hydrogen) atoms. The molecule has 0 aromatic heterocycles. The zero-order valence-corrected chi connectivity index (χ0v) is 10.2. The number of alkyl halides is 3. The van der Waals surface area contributed by atoms with Crippen molar-refractivity contribution >= 4 is 46.6 Å². The topological polar surface area (TPSA) is 106 Å². The van der Waals surface area contributed by atoms with Gasteiger partial charge in [-0.3, -0.25) is 9.59 Å².